The molecule has 2 aromatic carbocycles. The van der Waals surface area contributed by atoms with Gasteiger partial charge in [0.2, 0.25) is 0 Å². The van der Waals surface area contributed by atoms with E-state index in [0.29, 0.717) is 0 Å². The summed E-state index contributed by atoms with van der Waals surface area (Å²) in [5, 5.41) is 2.79. The molecular weight excluding hydrogens is 331 g/mol. The number of ether oxygens (including phenoxy) is 1. The molecule has 134 valence electrons. The van der Waals surface area contributed by atoms with E-state index in [-0.39, 0.29) is 18.4 Å². The summed E-state index contributed by atoms with van der Waals surface area (Å²) in [6, 6.07) is 10.2. The molecule has 25 heavy (non-hydrogen) atoms. The molecule has 3 nitrogen and oxygen atoms in total. The van der Waals surface area contributed by atoms with E-state index in [1.807, 2.05) is 39.0 Å². The van der Waals surface area contributed by atoms with Crippen molar-refractivity contribution in [3.63, 3.8) is 0 Å². The number of nitrogens with one attached hydrogen (secondary N) is 1. The molecule has 6 heteroatoms. The number of carbonyl (C=O) groups excluding carboxylic acids is 1. The molecule has 2 aromatic rings. The summed E-state index contributed by atoms with van der Waals surface area (Å²) in [4.78, 5) is 12.0. The molecule has 0 saturated carbocycles. The molecule has 0 fully saturated rings. The van der Waals surface area contributed by atoms with E-state index in [1.54, 1.807) is 0 Å². The van der Waals surface area contributed by atoms with E-state index >= 15 is 0 Å². The molecule has 1 atom stereocenters. The lowest BCUT2D eigenvalue weighted by Crippen LogP contribution is -2.31. The van der Waals surface area contributed by atoms with Crippen molar-refractivity contribution < 1.29 is 22.7 Å². The van der Waals surface area contributed by atoms with Crippen LogP contribution in [0, 0.1) is 13.8 Å². The molecule has 0 saturated heterocycles. The Labute approximate surface area is 144 Å². The highest BCUT2D eigenvalue weighted by Crippen LogP contribution is 2.31. The number of hydrogen-bond donors (Lipinski definition) is 1. The van der Waals surface area contributed by atoms with Gasteiger partial charge in [-0.1, -0.05) is 29.8 Å². The zero-order valence-corrected chi connectivity index (χ0v) is 14.3. The third-order valence-electron chi connectivity index (χ3n) is 3.81. The molecule has 0 unspecified atom stereocenters. The van der Waals surface area contributed by atoms with Gasteiger partial charge < -0.3 is 10.1 Å². The number of alkyl halides is 3. The first-order chi connectivity index (χ1) is 11.7. The minimum absolute atomic E-state index is 0.00404. The Hall–Kier alpha value is -2.50. The van der Waals surface area contributed by atoms with Gasteiger partial charge in [0.1, 0.15) is 5.75 Å². The van der Waals surface area contributed by atoms with E-state index in [0.717, 1.165) is 28.8 Å². The lowest BCUT2D eigenvalue weighted by Gasteiger charge is -2.17. The topological polar surface area (TPSA) is 38.3 Å². The van der Waals surface area contributed by atoms with Crippen LogP contribution in [0.4, 0.5) is 13.2 Å². The Morgan fingerprint density at radius 3 is 2.56 bits per heavy atom. The number of carbonyl (C=O) groups is 1. The fraction of sp³-hybridized carbons (Fsp3) is 0.316. The minimum atomic E-state index is -4.45. The molecule has 0 aliphatic heterocycles. The number of aryl methyl sites for hydroxylation is 2. The van der Waals surface area contributed by atoms with Gasteiger partial charge in [0.05, 0.1) is 11.6 Å². The van der Waals surface area contributed by atoms with Crippen LogP contribution in [0.25, 0.3) is 0 Å². The predicted molar refractivity (Wildman–Crippen MR) is 89.4 cm³/mol. The highest BCUT2D eigenvalue weighted by Gasteiger charge is 2.30. The molecule has 0 spiro atoms. The monoisotopic (exact) mass is 351 g/mol. The minimum Gasteiger partial charge on any atom is -0.484 e. The van der Waals surface area contributed by atoms with Crippen LogP contribution >= 0.6 is 0 Å². The third kappa shape index (κ3) is 5.24. The van der Waals surface area contributed by atoms with Crippen molar-refractivity contribution in [3.8, 4) is 5.75 Å². The van der Waals surface area contributed by atoms with Gasteiger partial charge in [0.15, 0.2) is 6.61 Å². The van der Waals surface area contributed by atoms with Crippen molar-refractivity contribution in [2.75, 3.05) is 6.61 Å². The fourth-order valence-corrected chi connectivity index (χ4v) is 2.50. The lowest BCUT2D eigenvalue weighted by atomic mass is 10.00. The molecular formula is C19H20F3NO2. The molecule has 0 aliphatic carbocycles. The van der Waals surface area contributed by atoms with E-state index in [4.69, 9.17) is 4.74 Å². The highest BCUT2D eigenvalue weighted by molar-refractivity contribution is 5.78. The van der Waals surface area contributed by atoms with Gasteiger partial charge in [-0.15, -0.1) is 0 Å². The Balaban J connectivity index is 1.96. The standard InChI is InChI=1S/C19H20F3NO2/c1-12-7-8-13(2)17(9-12)14(3)23-18(24)11-25-16-6-4-5-15(10-16)19(20,21)22/h4-10,14H,11H2,1-3H3,(H,23,24)/t14-/m0/s1. The zero-order valence-electron chi connectivity index (χ0n) is 14.3. The summed E-state index contributed by atoms with van der Waals surface area (Å²) < 4.78 is 43.2. The second kappa shape index (κ2) is 7.59. The summed E-state index contributed by atoms with van der Waals surface area (Å²) in [5.41, 5.74) is 2.32. The highest BCUT2D eigenvalue weighted by atomic mass is 19.4. The average Bonchev–Trinajstić information content (AvgIpc) is 2.54. The molecule has 0 heterocycles. The first kappa shape index (κ1) is 18.8. The fourth-order valence-electron chi connectivity index (χ4n) is 2.50. The molecule has 0 aliphatic rings. The van der Waals surface area contributed by atoms with Crippen molar-refractivity contribution in [1.82, 2.24) is 5.32 Å². The van der Waals surface area contributed by atoms with Gasteiger partial charge in [-0.25, -0.2) is 0 Å². The van der Waals surface area contributed by atoms with Crippen LogP contribution in [0.3, 0.4) is 0 Å². The van der Waals surface area contributed by atoms with Gasteiger partial charge in [0.25, 0.3) is 5.91 Å². The van der Waals surface area contributed by atoms with Crippen molar-refractivity contribution in [2.24, 2.45) is 0 Å². The van der Waals surface area contributed by atoms with Crippen molar-refractivity contribution in [3.05, 3.63) is 64.7 Å². The summed E-state index contributed by atoms with van der Waals surface area (Å²) in [7, 11) is 0. The van der Waals surface area contributed by atoms with Crippen LogP contribution in [0.2, 0.25) is 0 Å². The molecule has 1 amide bonds. The predicted octanol–water partition coefficient (Wildman–Crippen LogP) is 4.58. The summed E-state index contributed by atoms with van der Waals surface area (Å²) in [5.74, 6) is -0.393. The second-order valence-corrected chi connectivity index (χ2v) is 5.96. The molecule has 2 rings (SSSR count). The van der Waals surface area contributed by atoms with Crippen LogP contribution < -0.4 is 10.1 Å². The van der Waals surface area contributed by atoms with Gasteiger partial charge in [-0.3, -0.25) is 4.79 Å². The van der Waals surface area contributed by atoms with Gasteiger partial charge in [0, 0.05) is 0 Å². The smallest absolute Gasteiger partial charge is 0.416 e. The third-order valence-corrected chi connectivity index (χ3v) is 3.81. The van der Waals surface area contributed by atoms with Crippen molar-refractivity contribution in [2.45, 2.75) is 33.0 Å². The molecule has 0 bridgehead atoms. The number of halogens is 3. The van der Waals surface area contributed by atoms with Crippen LogP contribution in [0.1, 0.15) is 35.2 Å². The number of hydrogen-bond acceptors (Lipinski definition) is 2. The van der Waals surface area contributed by atoms with Crippen LogP contribution in [0.5, 0.6) is 5.75 Å². The largest absolute Gasteiger partial charge is 0.484 e. The molecule has 1 N–H and O–H groups in total. The SMILES string of the molecule is Cc1ccc(C)c([C@H](C)NC(=O)COc2cccc(C(F)(F)F)c2)c1. The van der Waals surface area contributed by atoms with Crippen molar-refractivity contribution in [1.29, 1.82) is 0 Å². The van der Waals surface area contributed by atoms with E-state index in [2.05, 4.69) is 5.32 Å². The summed E-state index contributed by atoms with van der Waals surface area (Å²) >= 11 is 0. The maximum atomic E-state index is 12.7. The van der Waals surface area contributed by atoms with Gasteiger partial charge in [-0.05, 0) is 50.1 Å². The number of benzene rings is 2. The van der Waals surface area contributed by atoms with E-state index in [9.17, 15) is 18.0 Å². The second-order valence-electron chi connectivity index (χ2n) is 5.96. The zero-order chi connectivity index (χ0) is 18.6. The quantitative estimate of drug-likeness (QED) is 0.856. The maximum Gasteiger partial charge on any atom is 0.416 e. The van der Waals surface area contributed by atoms with E-state index in [1.165, 1.54) is 12.1 Å². The Bertz CT molecular complexity index is 757. The molecule has 0 aromatic heterocycles. The van der Waals surface area contributed by atoms with E-state index < -0.39 is 17.6 Å². The number of amides is 1. The Morgan fingerprint density at radius 1 is 1.16 bits per heavy atom. The molecule has 0 radical (unpaired) electrons. The van der Waals surface area contributed by atoms with Crippen LogP contribution in [0.15, 0.2) is 42.5 Å². The first-order valence-corrected chi connectivity index (χ1v) is 7.83. The van der Waals surface area contributed by atoms with Gasteiger partial charge in [-0.2, -0.15) is 13.2 Å². The van der Waals surface area contributed by atoms with Gasteiger partial charge >= 0.3 is 6.18 Å². The first-order valence-electron chi connectivity index (χ1n) is 7.83. The Kier molecular flexibility index (Phi) is 5.72. The maximum absolute atomic E-state index is 12.7. The van der Waals surface area contributed by atoms with Crippen LogP contribution in [-0.4, -0.2) is 12.5 Å². The van der Waals surface area contributed by atoms with Crippen molar-refractivity contribution >= 4 is 5.91 Å². The summed E-state index contributed by atoms with van der Waals surface area (Å²) in [6.07, 6.45) is -4.45. The van der Waals surface area contributed by atoms with Crippen LogP contribution in [-0.2, 0) is 11.0 Å². The number of rotatable bonds is 5. The average molecular weight is 351 g/mol. The Morgan fingerprint density at radius 2 is 1.88 bits per heavy atom. The normalized spacial score (nSPS) is 12.6. The summed E-state index contributed by atoms with van der Waals surface area (Å²) in [6.45, 7) is 5.42. The lowest BCUT2D eigenvalue weighted by molar-refractivity contribution is -0.137.